The second-order valence-corrected chi connectivity index (χ2v) is 4.53. The third-order valence-corrected chi connectivity index (χ3v) is 3.20. The van der Waals surface area contributed by atoms with Crippen LogP contribution in [0.25, 0.3) is 16.2 Å². The van der Waals surface area contributed by atoms with Gasteiger partial charge in [-0.1, -0.05) is 21.2 Å². The molecule has 0 N–H and O–H groups in total. The zero-order valence-corrected chi connectivity index (χ0v) is 9.74. The topological polar surface area (TPSA) is 29.9 Å². The molecule has 2 aromatic heterocycles. The van der Waals surface area contributed by atoms with E-state index < -0.39 is 0 Å². The average molecular weight is 249 g/mol. The summed E-state index contributed by atoms with van der Waals surface area (Å²) < 4.78 is 1.75. The van der Waals surface area contributed by atoms with E-state index >= 15 is 0 Å². The van der Waals surface area contributed by atoms with Gasteiger partial charge >= 0.3 is 4.96 Å². The summed E-state index contributed by atoms with van der Waals surface area (Å²) >= 11 is 7.36. The summed E-state index contributed by atoms with van der Waals surface area (Å²) in [5, 5.41) is 4.85. The lowest BCUT2D eigenvalue weighted by Gasteiger charge is -1.94. The zero-order chi connectivity index (χ0) is 11.0. The molecule has 5 heteroatoms. The van der Waals surface area contributed by atoms with Crippen LogP contribution in [0.15, 0.2) is 42.0 Å². The molecule has 78 valence electrons. The van der Waals surface area contributed by atoms with E-state index in [1.807, 2.05) is 36.5 Å². The summed E-state index contributed by atoms with van der Waals surface area (Å²) in [5.74, 6) is 0. The van der Waals surface area contributed by atoms with Gasteiger partial charge in [0.25, 0.3) is 0 Å². The van der Waals surface area contributed by atoms with Gasteiger partial charge in [-0.15, -0.1) is 0 Å². The van der Waals surface area contributed by atoms with Crippen LogP contribution in [-0.4, -0.2) is 10.1 Å². The van der Waals surface area contributed by atoms with Gasteiger partial charge in [-0.2, -0.15) is 0 Å². The minimum atomic E-state index is 0.733. The van der Waals surface area contributed by atoms with E-state index in [0.29, 0.717) is 0 Å². The number of rotatable bonds is 1. The molecule has 0 aliphatic rings. The predicted molar refractivity (Wildman–Crippen MR) is 63.5 cm³/mol. The van der Waals surface area contributed by atoms with E-state index in [4.69, 9.17) is 11.6 Å². The molecule has 0 spiro atoms. The van der Waals surface area contributed by atoms with Crippen molar-refractivity contribution in [2.24, 2.45) is 0 Å². The lowest BCUT2D eigenvalue weighted by molar-refractivity contribution is -0.577. The molecule has 0 saturated heterocycles. The summed E-state index contributed by atoms with van der Waals surface area (Å²) in [6.07, 6.45) is 1.91. The molecule has 0 unspecified atom stereocenters. The van der Waals surface area contributed by atoms with Gasteiger partial charge in [-0.3, -0.25) is 0 Å². The van der Waals surface area contributed by atoms with Crippen molar-refractivity contribution in [3.05, 3.63) is 47.1 Å². The molecule has 0 atom stereocenters. The first kappa shape index (κ1) is 9.69. The summed E-state index contributed by atoms with van der Waals surface area (Å²) in [7, 11) is 0. The van der Waals surface area contributed by atoms with Crippen LogP contribution in [-0.2, 0) is 0 Å². The monoisotopic (exact) mass is 248 g/mol. The van der Waals surface area contributed by atoms with E-state index in [1.54, 1.807) is 10.0 Å². The Labute approximate surface area is 101 Å². The normalized spacial score (nSPS) is 10.8. The van der Waals surface area contributed by atoms with Crippen LogP contribution in [0.4, 0.5) is 0 Å². The van der Waals surface area contributed by atoms with E-state index in [0.717, 1.165) is 21.2 Å². The van der Waals surface area contributed by atoms with Crippen LogP contribution in [0.5, 0.6) is 0 Å². The van der Waals surface area contributed by atoms with Gasteiger partial charge in [0, 0.05) is 16.7 Å². The van der Waals surface area contributed by atoms with Crippen molar-refractivity contribution in [2.45, 2.75) is 0 Å². The Morgan fingerprint density at radius 1 is 1.12 bits per heavy atom. The lowest BCUT2D eigenvalue weighted by Crippen LogP contribution is -2.22. The Morgan fingerprint density at radius 3 is 2.75 bits per heavy atom. The largest absolute Gasteiger partial charge is 0.409 e. The molecule has 16 heavy (non-hydrogen) atoms. The number of hydrogen-bond acceptors (Lipinski definition) is 3. The number of fused-ring (bicyclic) bond motifs is 1. The Balaban J connectivity index is 2.14. The van der Waals surface area contributed by atoms with Crippen LogP contribution in [0.1, 0.15) is 0 Å². The summed E-state index contributed by atoms with van der Waals surface area (Å²) in [4.78, 5) is 5.39. The Hall–Kier alpha value is -1.52. The standard InChI is InChI=1S/C11H7ClN3S/c12-9-3-1-8(2-4-9)10-5-6-15-11(14-10)16-7-13-15/h1-7H/q+1. The van der Waals surface area contributed by atoms with Crippen molar-refractivity contribution in [2.75, 3.05) is 0 Å². The van der Waals surface area contributed by atoms with Crippen LogP contribution in [0.2, 0.25) is 5.02 Å². The van der Waals surface area contributed by atoms with Crippen LogP contribution < -0.4 is 4.52 Å². The number of benzene rings is 1. The molecule has 0 amide bonds. The third kappa shape index (κ3) is 1.66. The van der Waals surface area contributed by atoms with Crippen LogP contribution in [0.3, 0.4) is 0 Å². The van der Waals surface area contributed by atoms with Crippen LogP contribution in [0, 0.1) is 0 Å². The fourth-order valence-corrected chi connectivity index (χ4v) is 2.20. The molecule has 3 rings (SSSR count). The molecular weight excluding hydrogens is 242 g/mol. The van der Waals surface area contributed by atoms with Crippen molar-refractivity contribution in [1.82, 2.24) is 10.1 Å². The van der Waals surface area contributed by atoms with E-state index in [2.05, 4.69) is 10.1 Å². The van der Waals surface area contributed by atoms with Crippen molar-refractivity contribution < 1.29 is 4.52 Å². The maximum absolute atomic E-state index is 5.84. The van der Waals surface area contributed by atoms with Gasteiger partial charge in [-0.25, -0.2) is 0 Å². The van der Waals surface area contributed by atoms with Gasteiger partial charge in [-0.05, 0) is 40.6 Å². The van der Waals surface area contributed by atoms with Crippen molar-refractivity contribution in [3.63, 3.8) is 0 Å². The molecule has 3 aromatic rings. The second-order valence-electron chi connectivity index (χ2n) is 3.29. The first-order valence-corrected chi connectivity index (χ1v) is 5.97. The minimum Gasteiger partial charge on any atom is -0.0912 e. The smallest absolute Gasteiger partial charge is 0.0912 e. The van der Waals surface area contributed by atoms with Gasteiger partial charge < -0.3 is 0 Å². The van der Waals surface area contributed by atoms with Crippen molar-refractivity contribution in [1.29, 1.82) is 0 Å². The van der Waals surface area contributed by atoms with E-state index in [1.165, 1.54) is 11.3 Å². The highest BCUT2D eigenvalue weighted by Gasteiger charge is 2.11. The number of aromatic nitrogens is 3. The van der Waals surface area contributed by atoms with E-state index in [9.17, 15) is 0 Å². The summed E-state index contributed by atoms with van der Waals surface area (Å²) in [6.45, 7) is 0. The highest BCUT2D eigenvalue weighted by molar-refractivity contribution is 7.14. The molecule has 0 aliphatic heterocycles. The SMILES string of the molecule is Clc1ccc(-c2cc[n+]3ncsc3n2)cc1. The second kappa shape index (κ2) is 3.81. The molecule has 3 nitrogen and oxygen atoms in total. The molecule has 0 saturated carbocycles. The van der Waals surface area contributed by atoms with Crippen LogP contribution >= 0.6 is 22.9 Å². The molecule has 0 bridgehead atoms. The summed E-state index contributed by atoms with van der Waals surface area (Å²) in [6, 6.07) is 9.59. The molecule has 1 aromatic carbocycles. The van der Waals surface area contributed by atoms with Gasteiger partial charge in [0.05, 0.1) is 0 Å². The van der Waals surface area contributed by atoms with Crippen molar-refractivity contribution >= 4 is 27.9 Å². The highest BCUT2D eigenvalue weighted by atomic mass is 35.5. The van der Waals surface area contributed by atoms with E-state index in [-0.39, 0.29) is 0 Å². The fourth-order valence-electron chi connectivity index (χ4n) is 1.47. The van der Waals surface area contributed by atoms with Gasteiger partial charge in [0.2, 0.25) is 0 Å². The quantitative estimate of drug-likeness (QED) is 0.620. The zero-order valence-electron chi connectivity index (χ0n) is 8.17. The molecular formula is C11H7ClN3S+. The van der Waals surface area contributed by atoms with Crippen molar-refractivity contribution in [3.8, 4) is 11.3 Å². The number of halogens is 1. The average Bonchev–Trinajstić information content (AvgIpc) is 2.77. The Morgan fingerprint density at radius 2 is 1.94 bits per heavy atom. The predicted octanol–water partition coefficient (Wildman–Crippen LogP) is 2.60. The maximum atomic E-state index is 5.84. The third-order valence-electron chi connectivity index (χ3n) is 2.26. The lowest BCUT2D eigenvalue weighted by atomic mass is 10.1. The number of hydrogen-bond donors (Lipinski definition) is 0. The minimum absolute atomic E-state index is 0.733. The molecule has 0 radical (unpaired) electrons. The van der Waals surface area contributed by atoms with Gasteiger partial charge in [0.15, 0.2) is 5.69 Å². The molecule has 2 heterocycles. The molecule has 0 fully saturated rings. The Kier molecular flexibility index (Phi) is 2.31. The summed E-state index contributed by atoms with van der Waals surface area (Å²) in [5.41, 5.74) is 3.76. The highest BCUT2D eigenvalue weighted by Crippen LogP contribution is 2.19. The maximum Gasteiger partial charge on any atom is 0.409 e. The first-order chi connectivity index (χ1) is 7.83. The Bertz CT molecular complexity index is 633. The van der Waals surface area contributed by atoms with Gasteiger partial charge in [0.1, 0.15) is 11.7 Å². The fraction of sp³-hybridized carbons (Fsp3) is 0. The molecule has 0 aliphatic carbocycles. The number of nitrogens with zero attached hydrogens (tertiary/aromatic N) is 3. The first-order valence-electron chi connectivity index (χ1n) is 4.71.